The summed E-state index contributed by atoms with van der Waals surface area (Å²) in [5.74, 6) is 1.80. The highest BCUT2D eigenvalue weighted by Crippen LogP contribution is 2.27. The van der Waals surface area contributed by atoms with Crippen molar-refractivity contribution < 1.29 is 4.74 Å². The van der Waals surface area contributed by atoms with Gasteiger partial charge in [0.2, 0.25) is 0 Å². The van der Waals surface area contributed by atoms with E-state index in [2.05, 4.69) is 37.4 Å². The van der Waals surface area contributed by atoms with Crippen LogP contribution in [0.3, 0.4) is 0 Å². The van der Waals surface area contributed by atoms with E-state index in [4.69, 9.17) is 4.74 Å². The fraction of sp³-hybridized carbons (Fsp3) is 0.538. The summed E-state index contributed by atoms with van der Waals surface area (Å²) in [6.45, 7) is 7.14. The molecule has 2 rings (SSSR count). The van der Waals surface area contributed by atoms with Gasteiger partial charge in [0.1, 0.15) is 12.4 Å². The third kappa shape index (κ3) is 2.51. The van der Waals surface area contributed by atoms with Crippen LogP contribution in [0.1, 0.15) is 25.0 Å². The Labute approximate surface area is 91.6 Å². The molecule has 0 aromatic heterocycles. The van der Waals surface area contributed by atoms with Crippen molar-refractivity contribution in [3.8, 4) is 5.75 Å². The first-order chi connectivity index (χ1) is 7.27. The molecule has 0 atom stereocenters. The van der Waals surface area contributed by atoms with Gasteiger partial charge in [-0.05, 0) is 17.9 Å². The molecule has 0 bridgehead atoms. The smallest absolute Gasteiger partial charge is 0.127 e. The lowest BCUT2D eigenvalue weighted by Crippen LogP contribution is -2.16. The highest BCUT2D eigenvalue weighted by molar-refractivity contribution is 5.42. The molecule has 0 radical (unpaired) electrons. The maximum atomic E-state index is 5.82. The van der Waals surface area contributed by atoms with Crippen LogP contribution in [0.15, 0.2) is 18.2 Å². The number of rotatable bonds is 2. The third-order valence-electron chi connectivity index (χ3n) is 2.65. The SMILES string of the molecule is CC(C)Cc1cccc2c1OCCNC2. The van der Waals surface area contributed by atoms with E-state index in [9.17, 15) is 0 Å². The number of benzene rings is 1. The van der Waals surface area contributed by atoms with Crippen molar-refractivity contribution in [2.24, 2.45) is 5.92 Å². The van der Waals surface area contributed by atoms with Crippen molar-refractivity contribution in [1.29, 1.82) is 0 Å². The minimum Gasteiger partial charge on any atom is -0.492 e. The lowest BCUT2D eigenvalue weighted by molar-refractivity contribution is 0.321. The molecule has 0 amide bonds. The quantitative estimate of drug-likeness (QED) is 0.800. The number of hydrogen-bond donors (Lipinski definition) is 1. The Morgan fingerprint density at radius 1 is 1.40 bits per heavy atom. The van der Waals surface area contributed by atoms with E-state index in [1.165, 1.54) is 11.1 Å². The molecule has 2 heteroatoms. The Balaban J connectivity index is 2.30. The van der Waals surface area contributed by atoms with E-state index in [1.54, 1.807) is 0 Å². The Morgan fingerprint density at radius 2 is 2.27 bits per heavy atom. The fourth-order valence-electron chi connectivity index (χ4n) is 2.01. The van der Waals surface area contributed by atoms with Gasteiger partial charge >= 0.3 is 0 Å². The highest BCUT2D eigenvalue weighted by Gasteiger charge is 2.13. The molecule has 15 heavy (non-hydrogen) atoms. The number of para-hydroxylation sites is 1. The average molecular weight is 205 g/mol. The largest absolute Gasteiger partial charge is 0.492 e. The molecule has 0 fully saturated rings. The molecule has 0 saturated heterocycles. The fourth-order valence-corrected chi connectivity index (χ4v) is 2.01. The van der Waals surface area contributed by atoms with Crippen LogP contribution in [-0.4, -0.2) is 13.2 Å². The first-order valence-electron chi connectivity index (χ1n) is 5.71. The van der Waals surface area contributed by atoms with Gasteiger partial charge in [-0.1, -0.05) is 32.0 Å². The molecule has 1 aliphatic rings. The Morgan fingerprint density at radius 3 is 3.07 bits per heavy atom. The van der Waals surface area contributed by atoms with Crippen molar-refractivity contribution >= 4 is 0 Å². The zero-order valence-corrected chi connectivity index (χ0v) is 9.55. The molecular formula is C13H19NO. The predicted octanol–water partition coefficient (Wildman–Crippen LogP) is 2.37. The topological polar surface area (TPSA) is 21.3 Å². The molecule has 1 aliphatic heterocycles. The van der Waals surface area contributed by atoms with Crippen LogP contribution in [-0.2, 0) is 13.0 Å². The van der Waals surface area contributed by atoms with Crippen LogP contribution in [0.2, 0.25) is 0 Å². The van der Waals surface area contributed by atoms with E-state index in [0.29, 0.717) is 5.92 Å². The van der Waals surface area contributed by atoms with Crippen LogP contribution in [0, 0.1) is 5.92 Å². The van der Waals surface area contributed by atoms with Gasteiger partial charge in [0.05, 0.1) is 0 Å². The third-order valence-corrected chi connectivity index (χ3v) is 2.65. The van der Waals surface area contributed by atoms with Crippen LogP contribution in [0.5, 0.6) is 5.75 Å². The minimum atomic E-state index is 0.677. The molecule has 0 unspecified atom stereocenters. The van der Waals surface area contributed by atoms with E-state index in [-0.39, 0.29) is 0 Å². The molecule has 1 aromatic carbocycles. The van der Waals surface area contributed by atoms with Crippen LogP contribution < -0.4 is 10.1 Å². The second kappa shape index (κ2) is 4.67. The molecule has 0 spiro atoms. The predicted molar refractivity (Wildman–Crippen MR) is 62.2 cm³/mol. The number of ether oxygens (including phenoxy) is 1. The summed E-state index contributed by atoms with van der Waals surface area (Å²) in [6, 6.07) is 6.47. The summed E-state index contributed by atoms with van der Waals surface area (Å²) in [6.07, 6.45) is 1.10. The molecule has 0 aliphatic carbocycles. The molecule has 0 saturated carbocycles. The zero-order valence-electron chi connectivity index (χ0n) is 9.55. The summed E-state index contributed by atoms with van der Waals surface area (Å²) in [7, 11) is 0. The number of hydrogen-bond acceptors (Lipinski definition) is 2. The Kier molecular flexibility index (Phi) is 3.27. The Hall–Kier alpha value is -1.02. The van der Waals surface area contributed by atoms with Gasteiger partial charge in [-0.25, -0.2) is 0 Å². The standard InChI is InChI=1S/C13H19NO/c1-10(2)8-11-4-3-5-12-9-14-6-7-15-13(11)12/h3-5,10,14H,6-9H2,1-2H3. The second-order valence-corrected chi connectivity index (χ2v) is 4.53. The molecule has 82 valence electrons. The van der Waals surface area contributed by atoms with Gasteiger partial charge in [0, 0.05) is 18.7 Å². The van der Waals surface area contributed by atoms with Crippen molar-refractivity contribution in [3.05, 3.63) is 29.3 Å². The van der Waals surface area contributed by atoms with Crippen LogP contribution >= 0.6 is 0 Å². The highest BCUT2D eigenvalue weighted by atomic mass is 16.5. The van der Waals surface area contributed by atoms with E-state index in [0.717, 1.165) is 31.9 Å². The molecule has 1 heterocycles. The van der Waals surface area contributed by atoms with E-state index >= 15 is 0 Å². The van der Waals surface area contributed by atoms with Crippen molar-refractivity contribution in [2.75, 3.05) is 13.2 Å². The number of nitrogens with one attached hydrogen (secondary N) is 1. The van der Waals surface area contributed by atoms with Crippen molar-refractivity contribution in [1.82, 2.24) is 5.32 Å². The normalized spacial score (nSPS) is 15.7. The summed E-state index contributed by atoms with van der Waals surface area (Å²) in [5, 5.41) is 3.36. The van der Waals surface area contributed by atoms with Crippen molar-refractivity contribution in [3.63, 3.8) is 0 Å². The van der Waals surface area contributed by atoms with Gasteiger partial charge in [0.15, 0.2) is 0 Å². The van der Waals surface area contributed by atoms with Gasteiger partial charge in [0.25, 0.3) is 0 Å². The summed E-state index contributed by atoms with van der Waals surface area (Å²) >= 11 is 0. The van der Waals surface area contributed by atoms with Crippen molar-refractivity contribution in [2.45, 2.75) is 26.8 Å². The van der Waals surface area contributed by atoms with Gasteiger partial charge < -0.3 is 10.1 Å². The van der Waals surface area contributed by atoms with Crippen LogP contribution in [0.25, 0.3) is 0 Å². The number of fused-ring (bicyclic) bond motifs is 1. The maximum absolute atomic E-state index is 5.82. The first-order valence-corrected chi connectivity index (χ1v) is 5.71. The summed E-state index contributed by atoms with van der Waals surface area (Å²) in [4.78, 5) is 0. The van der Waals surface area contributed by atoms with Gasteiger partial charge in [-0.15, -0.1) is 0 Å². The minimum absolute atomic E-state index is 0.677. The summed E-state index contributed by atoms with van der Waals surface area (Å²) in [5.41, 5.74) is 2.65. The first kappa shape index (κ1) is 10.5. The lowest BCUT2D eigenvalue weighted by Gasteiger charge is -2.13. The molecule has 1 aromatic rings. The maximum Gasteiger partial charge on any atom is 0.127 e. The zero-order chi connectivity index (χ0) is 10.7. The molecular weight excluding hydrogens is 186 g/mol. The van der Waals surface area contributed by atoms with E-state index in [1.807, 2.05) is 0 Å². The second-order valence-electron chi connectivity index (χ2n) is 4.53. The average Bonchev–Trinajstić information content (AvgIpc) is 2.42. The van der Waals surface area contributed by atoms with Crippen LogP contribution in [0.4, 0.5) is 0 Å². The molecule has 1 N–H and O–H groups in total. The lowest BCUT2D eigenvalue weighted by atomic mass is 9.99. The van der Waals surface area contributed by atoms with Gasteiger partial charge in [-0.3, -0.25) is 0 Å². The van der Waals surface area contributed by atoms with Gasteiger partial charge in [-0.2, -0.15) is 0 Å². The van der Waals surface area contributed by atoms with E-state index < -0.39 is 0 Å². The summed E-state index contributed by atoms with van der Waals surface area (Å²) < 4.78 is 5.82. The molecule has 2 nitrogen and oxygen atoms in total. The monoisotopic (exact) mass is 205 g/mol. The Bertz CT molecular complexity index is 333.